The van der Waals surface area contributed by atoms with E-state index < -0.39 is 0 Å². The Morgan fingerprint density at radius 2 is 2.41 bits per heavy atom. The van der Waals surface area contributed by atoms with Crippen molar-refractivity contribution in [2.75, 3.05) is 11.1 Å². The largest absolute Gasteiger partial charge is 0.397 e. The van der Waals surface area contributed by atoms with Crippen molar-refractivity contribution in [2.45, 2.75) is 13.3 Å². The van der Waals surface area contributed by atoms with Gasteiger partial charge in [0.25, 0.3) is 0 Å². The van der Waals surface area contributed by atoms with E-state index in [9.17, 15) is 4.79 Å². The summed E-state index contributed by atoms with van der Waals surface area (Å²) < 4.78 is 0. The zero-order valence-corrected chi connectivity index (χ0v) is 10.3. The van der Waals surface area contributed by atoms with E-state index in [2.05, 4.69) is 10.3 Å². The number of rotatable bonds is 3. The molecular weight excluding hydrogens is 234 g/mol. The number of aryl methyl sites for hydroxylation is 1. The average molecular weight is 247 g/mol. The van der Waals surface area contributed by atoms with Gasteiger partial charge in [0.05, 0.1) is 18.3 Å². The van der Waals surface area contributed by atoms with Crippen molar-refractivity contribution in [2.24, 2.45) is 0 Å². The Morgan fingerprint density at radius 3 is 3.06 bits per heavy atom. The molecule has 1 amide bonds. The number of hydrogen-bond donors (Lipinski definition) is 2. The smallest absolute Gasteiger partial charge is 0.230 e. The lowest BCUT2D eigenvalue weighted by molar-refractivity contribution is -0.115. The lowest BCUT2D eigenvalue weighted by Gasteiger charge is -2.07. The van der Waals surface area contributed by atoms with Gasteiger partial charge in [-0.2, -0.15) is 0 Å². The zero-order valence-electron chi connectivity index (χ0n) is 9.43. The molecule has 0 atom stereocenters. The van der Waals surface area contributed by atoms with Crippen molar-refractivity contribution < 1.29 is 4.79 Å². The Kier molecular flexibility index (Phi) is 3.39. The van der Waals surface area contributed by atoms with Crippen LogP contribution in [0.3, 0.4) is 0 Å². The minimum atomic E-state index is -0.0622. The van der Waals surface area contributed by atoms with Gasteiger partial charge in [-0.25, -0.2) is 4.98 Å². The Hall–Kier alpha value is -1.88. The molecule has 2 aromatic rings. The lowest BCUT2D eigenvalue weighted by Crippen LogP contribution is -2.15. The summed E-state index contributed by atoms with van der Waals surface area (Å²) >= 11 is 1.57. The van der Waals surface area contributed by atoms with Gasteiger partial charge in [0.1, 0.15) is 5.82 Å². The fourth-order valence-electron chi connectivity index (χ4n) is 1.48. The molecule has 5 heteroatoms. The van der Waals surface area contributed by atoms with Crippen LogP contribution in [0.5, 0.6) is 0 Å². The van der Waals surface area contributed by atoms with Crippen LogP contribution in [-0.4, -0.2) is 10.9 Å². The number of hydrogen-bond acceptors (Lipinski definition) is 4. The summed E-state index contributed by atoms with van der Waals surface area (Å²) in [5.74, 6) is 0.508. The Balaban J connectivity index is 2.03. The van der Waals surface area contributed by atoms with Crippen LogP contribution in [0.2, 0.25) is 0 Å². The van der Waals surface area contributed by atoms with Gasteiger partial charge in [0.2, 0.25) is 5.91 Å². The normalized spacial score (nSPS) is 10.2. The van der Waals surface area contributed by atoms with Gasteiger partial charge >= 0.3 is 0 Å². The molecule has 4 nitrogen and oxygen atoms in total. The van der Waals surface area contributed by atoms with Gasteiger partial charge < -0.3 is 11.1 Å². The maximum absolute atomic E-state index is 11.7. The third-order valence-corrected chi connectivity index (χ3v) is 3.15. The molecule has 0 saturated heterocycles. The minimum Gasteiger partial charge on any atom is -0.397 e. The molecule has 0 aliphatic rings. The number of carbonyl (C=O) groups is 1. The maximum atomic E-state index is 11.7. The summed E-state index contributed by atoms with van der Waals surface area (Å²) in [4.78, 5) is 16.9. The average Bonchev–Trinajstić information content (AvgIpc) is 2.75. The highest BCUT2D eigenvalue weighted by molar-refractivity contribution is 7.10. The molecule has 0 saturated carbocycles. The number of nitrogen functional groups attached to an aromatic ring is 1. The van der Waals surface area contributed by atoms with E-state index in [-0.39, 0.29) is 5.91 Å². The van der Waals surface area contributed by atoms with E-state index in [0.717, 1.165) is 10.4 Å². The predicted molar refractivity (Wildman–Crippen MR) is 70.0 cm³/mol. The summed E-state index contributed by atoms with van der Waals surface area (Å²) in [6.45, 7) is 1.87. The molecule has 17 heavy (non-hydrogen) atoms. The van der Waals surface area contributed by atoms with Gasteiger partial charge in [0.15, 0.2) is 0 Å². The first-order chi connectivity index (χ1) is 8.15. The van der Waals surface area contributed by atoms with Crippen molar-refractivity contribution in [3.05, 3.63) is 40.2 Å². The van der Waals surface area contributed by atoms with Gasteiger partial charge in [-0.05, 0) is 30.0 Å². The second-order valence-corrected chi connectivity index (χ2v) is 4.77. The van der Waals surface area contributed by atoms with Crippen molar-refractivity contribution in [3.8, 4) is 0 Å². The van der Waals surface area contributed by atoms with Crippen LogP contribution in [0.15, 0.2) is 29.8 Å². The number of nitrogens with one attached hydrogen (secondary N) is 1. The zero-order chi connectivity index (χ0) is 12.3. The monoisotopic (exact) mass is 247 g/mol. The molecule has 0 radical (unpaired) electrons. The molecular formula is C12H13N3OS. The highest BCUT2D eigenvalue weighted by Crippen LogP contribution is 2.15. The number of nitrogens with two attached hydrogens (primary N) is 1. The van der Waals surface area contributed by atoms with Crippen LogP contribution in [0.4, 0.5) is 11.5 Å². The number of amides is 1. The molecule has 2 rings (SSSR count). The fraction of sp³-hybridized carbons (Fsp3) is 0.167. The van der Waals surface area contributed by atoms with Crippen molar-refractivity contribution in [1.82, 2.24) is 4.98 Å². The van der Waals surface area contributed by atoms with Crippen molar-refractivity contribution >= 4 is 28.7 Å². The summed E-state index contributed by atoms with van der Waals surface area (Å²) in [7, 11) is 0. The van der Waals surface area contributed by atoms with Gasteiger partial charge in [0, 0.05) is 4.88 Å². The summed E-state index contributed by atoms with van der Waals surface area (Å²) in [5, 5.41) is 4.73. The molecule has 0 aliphatic carbocycles. The molecule has 2 heterocycles. The van der Waals surface area contributed by atoms with Crippen molar-refractivity contribution in [3.63, 3.8) is 0 Å². The van der Waals surface area contributed by atoms with E-state index in [1.54, 1.807) is 17.4 Å². The van der Waals surface area contributed by atoms with Crippen LogP contribution in [0.1, 0.15) is 10.4 Å². The standard InChI is InChI=1S/C12H13N3OS/c1-8-5-9(13)7-14-12(8)15-11(16)6-10-3-2-4-17-10/h2-5,7H,6,13H2,1H3,(H,14,15,16). The second kappa shape index (κ2) is 4.97. The topological polar surface area (TPSA) is 68.0 Å². The lowest BCUT2D eigenvalue weighted by atomic mass is 10.2. The maximum Gasteiger partial charge on any atom is 0.230 e. The molecule has 2 aromatic heterocycles. The molecule has 0 bridgehead atoms. The molecule has 0 fully saturated rings. The minimum absolute atomic E-state index is 0.0622. The quantitative estimate of drug-likeness (QED) is 0.873. The number of pyridine rings is 1. The fourth-order valence-corrected chi connectivity index (χ4v) is 2.18. The van der Waals surface area contributed by atoms with Crippen LogP contribution in [0, 0.1) is 6.92 Å². The van der Waals surface area contributed by atoms with E-state index in [1.807, 2.05) is 24.4 Å². The summed E-state index contributed by atoms with van der Waals surface area (Å²) in [6, 6.07) is 5.65. The van der Waals surface area contributed by atoms with Gasteiger partial charge in [-0.1, -0.05) is 6.07 Å². The number of nitrogens with zero attached hydrogens (tertiary/aromatic N) is 1. The molecule has 0 aliphatic heterocycles. The summed E-state index contributed by atoms with van der Waals surface area (Å²) in [5.41, 5.74) is 7.06. The number of aromatic nitrogens is 1. The van der Waals surface area contributed by atoms with Crippen LogP contribution in [-0.2, 0) is 11.2 Å². The summed E-state index contributed by atoms with van der Waals surface area (Å²) in [6.07, 6.45) is 1.91. The molecule has 0 aromatic carbocycles. The predicted octanol–water partition coefficient (Wildman–Crippen LogP) is 2.21. The number of anilines is 2. The second-order valence-electron chi connectivity index (χ2n) is 3.74. The van der Waals surface area contributed by atoms with Crippen LogP contribution in [0.25, 0.3) is 0 Å². The molecule has 0 unspecified atom stereocenters. The first-order valence-corrected chi connectivity index (χ1v) is 6.07. The molecule has 88 valence electrons. The van der Waals surface area contributed by atoms with Gasteiger partial charge in [-0.3, -0.25) is 4.79 Å². The van der Waals surface area contributed by atoms with E-state index in [1.165, 1.54) is 6.20 Å². The number of thiophene rings is 1. The highest BCUT2D eigenvalue weighted by atomic mass is 32.1. The Morgan fingerprint density at radius 1 is 1.59 bits per heavy atom. The Labute approximate surface area is 103 Å². The molecule has 0 spiro atoms. The van der Waals surface area contributed by atoms with Crippen molar-refractivity contribution in [1.29, 1.82) is 0 Å². The van der Waals surface area contributed by atoms with Crippen LogP contribution >= 0.6 is 11.3 Å². The van der Waals surface area contributed by atoms with Gasteiger partial charge in [-0.15, -0.1) is 11.3 Å². The SMILES string of the molecule is Cc1cc(N)cnc1NC(=O)Cc1cccs1. The van der Waals surface area contributed by atoms with E-state index in [4.69, 9.17) is 5.73 Å². The highest BCUT2D eigenvalue weighted by Gasteiger charge is 2.07. The van der Waals surface area contributed by atoms with E-state index in [0.29, 0.717) is 17.9 Å². The van der Waals surface area contributed by atoms with Crippen LogP contribution < -0.4 is 11.1 Å². The third-order valence-electron chi connectivity index (χ3n) is 2.27. The first-order valence-electron chi connectivity index (χ1n) is 5.19. The van der Waals surface area contributed by atoms with E-state index >= 15 is 0 Å². The Bertz CT molecular complexity index is 523. The number of carbonyl (C=O) groups excluding carboxylic acids is 1. The third kappa shape index (κ3) is 3.04. The first kappa shape index (κ1) is 11.6. The molecule has 3 N–H and O–H groups in total.